The second-order valence-corrected chi connectivity index (χ2v) is 15.7. The Bertz CT molecular complexity index is 984. The molecule has 4 saturated heterocycles. The van der Waals surface area contributed by atoms with Crippen LogP contribution in [0.25, 0.3) is 0 Å². The first-order chi connectivity index (χ1) is 17.4. The van der Waals surface area contributed by atoms with Crippen molar-refractivity contribution in [1.82, 2.24) is 4.90 Å². The Labute approximate surface area is 224 Å². The van der Waals surface area contributed by atoms with E-state index in [1.165, 1.54) is 64.8 Å². The lowest BCUT2D eigenvalue weighted by atomic mass is 9.41. The monoisotopic (exact) mass is 513 g/mol. The van der Waals surface area contributed by atoms with Crippen LogP contribution in [0.4, 0.5) is 0 Å². The molecule has 5 nitrogen and oxygen atoms in total. The van der Waals surface area contributed by atoms with Gasteiger partial charge in [0.1, 0.15) is 6.10 Å². The summed E-state index contributed by atoms with van der Waals surface area (Å²) in [5, 5.41) is 11.3. The van der Waals surface area contributed by atoms with Gasteiger partial charge in [-0.05, 0) is 106 Å². The number of carbonyl (C=O) groups excluding carboxylic acids is 1. The van der Waals surface area contributed by atoms with Crippen LogP contribution in [0.1, 0.15) is 112 Å². The van der Waals surface area contributed by atoms with Crippen molar-refractivity contribution in [1.29, 1.82) is 0 Å². The first-order valence-corrected chi connectivity index (χ1v) is 15.7. The highest BCUT2D eigenvalue weighted by Crippen LogP contribution is 2.79. The van der Waals surface area contributed by atoms with Gasteiger partial charge in [-0.3, -0.25) is 9.69 Å². The molecule has 208 valence electrons. The summed E-state index contributed by atoms with van der Waals surface area (Å²) in [4.78, 5) is 15.2. The zero-order chi connectivity index (χ0) is 26.2. The fourth-order valence-corrected chi connectivity index (χ4v) is 13.0. The zero-order valence-corrected chi connectivity index (χ0v) is 24.2. The molecular weight excluding hydrogens is 462 g/mol. The Morgan fingerprint density at radius 1 is 1.08 bits per heavy atom. The average Bonchev–Trinajstić information content (AvgIpc) is 3.35. The van der Waals surface area contributed by atoms with E-state index in [1.54, 1.807) is 0 Å². The summed E-state index contributed by atoms with van der Waals surface area (Å²) in [6.07, 6.45) is 12.7. The normalized spacial score (nSPS) is 59.1. The largest absolute Gasteiger partial charge is 0.462 e. The summed E-state index contributed by atoms with van der Waals surface area (Å²) in [6.45, 7) is 14.9. The number of nitrogens with zero attached hydrogens (tertiary/aromatic N) is 1. The molecule has 0 radical (unpaired) electrons. The molecule has 0 amide bonds. The van der Waals surface area contributed by atoms with Crippen LogP contribution >= 0.6 is 0 Å². The minimum atomic E-state index is -0.870. The van der Waals surface area contributed by atoms with Gasteiger partial charge in [0.25, 0.3) is 0 Å². The Kier molecular flexibility index (Phi) is 5.31. The van der Waals surface area contributed by atoms with E-state index in [0.29, 0.717) is 22.4 Å². The van der Waals surface area contributed by atoms with Crippen LogP contribution < -0.4 is 0 Å². The molecule has 7 rings (SSSR count). The summed E-state index contributed by atoms with van der Waals surface area (Å²) >= 11 is 0. The van der Waals surface area contributed by atoms with Crippen LogP contribution in [0, 0.1) is 45.8 Å². The maximum atomic E-state index is 12.1. The molecule has 3 saturated carbocycles. The number of hydrogen-bond donors (Lipinski definition) is 1. The summed E-state index contributed by atoms with van der Waals surface area (Å²) in [5.41, 5.74) is 0.348. The highest BCUT2D eigenvalue weighted by molar-refractivity contribution is 5.66. The van der Waals surface area contributed by atoms with Crippen LogP contribution in [0.5, 0.6) is 0 Å². The fourth-order valence-electron chi connectivity index (χ4n) is 13.0. The van der Waals surface area contributed by atoms with E-state index in [2.05, 4.69) is 39.5 Å². The highest BCUT2D eigenvalue weighted by Gasteiger charge is 2.80. The number of esters is 1. The number of carbonyl (C=O) groups is 1. The average molecular weight is 514 g/mol. The van der Waals surface area contributed by atoms with E-state index < -0.39 is 11.7 Å². The van der Waals surface area contributed by atoms with Gasteiger partial charge in [-0.1, -0.05) is 34.1 Å². The Hall–Kier alpha value is -0.650. The highest BCUT2D eigenvalue weighted by atomic mass is 16.6. The molecule has 4 heterocycles. The fraction of sp³-hybridized carbons (Fsp3) is 0.969. The number of ether oxygens (including phenoxy) is 2. The first kappa shape index (κ1) is 25.3. The van der Waals surface area contributed by atoms with E-state index in [-0.39, 0.29) is 23.6 Å². The number of aliphatic hydroxyl groups is 1. The topological polar surface area (TPSA) is 59.0 Å². The molecule has 0 aromatic rings. The molecule has 37 heavy (non-hydrogen) atoms. The van der Waals surface area contributed by atoms with Crippen LogP contribution in [-0.4, -0.2) is 52.1 Å². The third-order valence-electron chi connectivity index (χ3n) is 14.5. The summed E-state index contributed by atoms with van der Waals surface area (Å²) < 4.78 is 12.3. The molecular formula is C32H51NO4. The van der Waals surface area contributed by atoms with Gasteiger partial charge >= 0.3 is 5.97 Å². The van der Waals surface area contributed by atoms with Gasteiger partial charge < -0.3 is 14.6 Å². The van der Waals surface area contributed by atoms with Gasteiger partial charge in [0, 0.05) is 31.0 Å². The summed E-state index contributed by atoms with van der Waals surface area (Å²) in [5.74, 6) is 3.13. The Balaban J connectivity index is 1.30. The van der Waals surface area contributed by atoms with Crippen molar-refractivity contribution in [2.45, 2.75) is 142 Å². The maximum absolute atomic E-state index is 12.1. The van der Waals surface area contributed by atoms with Crippen molar-refractivity contribution in [3.8, 4) is 0 Å². The van der Waals surface area contributed by atoms with Gasteiger partial charge in [-0.2, -0.15) is 0 Å². The first-order valence-electron chi connectivity index (χ1n) is 15.7. The van der Waals surface area contributed by atoms with Crippen LogP contribution in [0.3, 0.4) is 0 Å². The molecule has 0 aromatic heterocycles. The van der Waals surface area contributed by atoms with Gasteiger partial charge in [0.2, 0.25) is 0 Å². The number of piperidine rings is 2. The molecule has 4 aliphatic heterocycles. The minimum Gasteiger partial charge on any atom is -0.462 e. The maximum Gasteiger partial charge on any atom is 0.302 e. The second kappa shape index (κ2) is 7.75. The van der Waals surface area contributed by atoms with Crippen molar-refractivity contribution < 1.29 is 19.4 Å². The number of fused-ring (bicyclic) bond motifs is 4. The lowest BCUT2D eigenvalue weighted by molar-refractivity contribution is -0.188. The molecule has 1 N–H and O–H groups in total. The van der Waals surface area contributed by atoms with E-state index in [1.807, 2.05) is 0 Å². The molecule has 7 bridgehead atoms. The Morgan fingerprint density at radius 3 is 2.59 bits per heavy atom. The second-order valence-electron chi connectivity index (χ2n) is 15.7. The molecule has 5 heteroatoms. The van der Waals surface area contributed by atoms with Crippen LogP contribution in [-0.2, 0) is 14.3 Å². The van der Waals surface area contributed by atoms with E-state index in [9.17, 15) is 9.90 Å². The van der Waals surface area contributed by atoms with Gasteiger partial charge in [-0.15, -0.1) is 0 Å². The number of aliphatic hydroxyl groups excluding tert-OH is 1. The van der Waals surface area contributed by atoms with Crippen LogP contribution in [0.2, 0.25) is 0 Å². The molecule has 8 unspecified atom stereocenters. The molecule has 7 fully saturated rings. The SMILES string of the molecule is CC(=O)OC1CC[C@]2(C)OC(O)[C@@]1(C)C2CC[C@]12C3C(C(C)C)CC[C@@]1(C)C1CC[C@@]4(CCCC42)N3C1. The number of hydrogen-bond acceptors (Lipinski definition) is 5. The predicted molar refractivity (Wildman–Crippen MR) is 143 cm³/mol. The standard InChI is InChI=1S/C32H51NO4/c1-19(2)22-10-14-28(4)21-9-16-31-13-7-8-24(31)32(28,26(22)33(31)18-21)17-11-23-29(5)15-12-25(36-20(3)34)30(23,6)27(35)37-29/h19,21-27,35H,7-18H2,1-6H3/t21?,22?,23?,24?,25?,26?,27?,28-,29-,30-,31+,32-/m0/s1. The number of rotatable bonds is 5. The predicted octanol–water partition coefficient (Wildman–Crippen LogP) is 5.93. The third kappa shape index (κ3) is 2.81. The van der Waals surface area contributed by atoms with Crippen LogP contribution in [0.15, 0.2) is 0 Å². The molecule has 7 aliphatic rings. The Morgan fingerprint density at radius 2 is 1.86 bits per heavy atom. The van der Waals surface area contributed by atoms with E-state index in [0.717, 1.165) is 42.9 Å². The van der Waals surface area contributed by atoms with Gasteiger partial charge in [0.15, 0.2) is 6.29 Å². The summed E-state index contributed by atoms with van der Waals surface area (Å²) in [6, 6.07) is 0.713. The molecule has 13 atom stereocenters. The smallest absolute Gasteiger partial charge is 0.302 e. The van der Waals surface area contributed by atoms with Crippen molar-refractivity contribution in [2.24, 2.45) is 45.8 Å². The van der Waals surface area contributed by atoms with Crippen molar-refractivity contribution in [2.75, 3.05) is 6.54 Å². The van der Waals surface area contributed by atoms with E-state index in [4.69, 9.17) is 9.47 Å². The van der Waals surface area contributed by atoms with E-state index >= 15 is 0 Å². The zero-order valence-electron chi connectivity index (χ0n) is 24.2. The third-order valence-corrected chi connectivity index (χ3v) is 14.5. The van der Waals surface area contributed by atoms with Crippen molar-refractivity contribution >= 4 is 5.97 Å². The van der Waals surface area contributed by atoms with Crippen molar-refractivity contribution in [3.63, 3.8) is 0 Å². The quantitative estimate of drug-likeness (QED) is 0.462. The van der Waals surface area contributed by atoms with Crippen molar-refractivity contribution in [3.05, 3.63) is 0 Å². The minimum absolute atomic E-state index is 0.204. The molecule has 0 aromatic carbocycles. The molecule has 3 aliphatic carbocycles. The lowest BCUT2D eigenvalue weighted by Gasteiger charge is -2.67. The van der Waals surface area contributed by atoms with Gasteiger partial charge in [0.05, 0.1) is 11.0 Å². The summed E-state index contributed by atoms with van der Waals surface area (Å²) in [7, 11) is 0. The lowest BCUT2D eigenvalue weighted by Crippen LogP contribution is -2.68. The molecule has 1 spiro atoms. The van der Waals surface area contributed by atoms with Gasteiger partial charge in [-0.25, -0.2) is 0 Å².